The van der Waals surface area contributed by atoms with Gasteiger partial charge in [-0.3, -0.25) is 15.1 Å². The fourth-order valence-electron chi connectivity index (χ4n) is 4.21. The van der Waals surface area contributed by atoms with E-state index in [9.17, 15) is 4.79 Å². The van der Waals surface area contributed by atoms with Crippen LogP contribution in [-0.4, -0.2) is 31.6 Å². The molecule has 3 rings (SSSR count). The van der Waals surface area contributed by atoms with Gasteiger partial charge in [-0.1, -0.05) is 53.0 Å². The first-order valence-electron chi connectivity index (χ1n) is 12.7. The Morgan fingerprint density at radius 3 is 2.71 bits per heavy atom. The molecule has 1 aliphatic heterocycles. The molecule has 1 aliphatic rings. The van der Waals surface area contributed by atoms with Gasteiger partial charge in [0.15, 0.2) is 5.96 Å². The van der Waals surface area contributed by atoms with Gasteiger partial charge < -0.3 is 15.4 Å². The van der Waals surface area contributed by atoms with Crippen molar-refractivity contribution in [3.63, 3.8) is 0 Å². The average Bonchev–Trinajstić information content (AvgIpc) is 2.84. The Labute approximate surface area is 204 Å². The maximum absolute atomic E-state index is 12.7. The Morgan fingerprint density at radius 2 is 2.00 bits per heavy atom. The molecule has 6 nitrogen and oxygen atoms in total. The van der Waals surface area contributed by atoms with Crippen LogP contribution in [0.2, 0.25) is 0 Å². The molecule has 0 aromatic heterocycles. The first kappa shape index (κ1) is 25.6. The molecular formula is C28H40N4O2. The van der Waals surface area contributed by atoms with Gasteiger partial charge in [-0.05, 0) is 60.6 Å². The summed E-state index contributed by atoms with van der Waals surface area (Å²) in [5.74, 6) is 2.27. The van der Waals surface area contributed by atoms with E-state index in [0.717, 1.165) is 61.1 Å². The number of nitrogens with zero attached hydrogens (tertiary/aromatic N) is 1. The summed E-state index contributed by atoms with van der Waals surface area (Å²) in [6, 6.07) is 13.9. The maximum atomic E-state index is 12.7. The van der Waals surface area contributed by atoms with Gasteiger partial charge in [0.2, 0.25) is 0 Å². The van der Waals surface area contributed by atoms with Crippen molar-refractivity contribution in [2.24, 2.45) is 10.9 Å². The third kappa shape index (κ3) is 7.51. The van der Waals surface area contributed by atoms with E-state index in [0.29, 0.717) is 11.5 Å². The lowest BCUT2D eigenvalue weighted by molar-refractivity contribution is 0.0975. The molecule has 2 aromatic carbocycles. The summed E-state index contributed by atoms with van der Waals surface area (Å²) in [6.45, 7) is 11.1. The lowest BCUT2D eigenvalue weighted by Gasteiger charge is -2.18. The molecular weight excluding hydrogens is 424 g/mol. The maximum Gasteiger partial charge on any atom is 0.257 e. The summed E-state index contributed by atoms with van der Waals surface area (Å²) in [4.78, 5) is 17.1. The second kappa shape index (κ2) is 13.0. The van der Waals surface area contributed by atoms with Gasteiger partial charge in [-0.15, -0.1) is 0 Å². The summed E-state index contributed by atoms with van der Waals surface area (Å²) >= 11 is 0. The second-order valence-electron chi connectivity index (χ2n) is 9.27. The number of hydrogen-bond donors (Lipinski definition) is 3. The summed E-state index contributed by atoms with van der Waals surface area (Å²) < 4.78 is 6.05. The number of hydrogen-bond acceptors (Lipinski definition) is 5. The van der Waals surface area contributed by atoms with Gasteiger partial charge in [0, 0.05) is 36.1 Å². The van der Waals surface area contributed by atoms with E-state index in [1.807, 2.05) is 42.5 Å². The second-order valence-corrected chi connectivity index (χ2v) is 9.27. The van der Waals surface area contributed by atoms with Crippen LogP contribution in [0.25, 0.3) is 0 Å². The highest BCUT2D eigenvalue weighted by molar-refractivity contribution is 6.06. The van der Waals surface area contributed by atoms with E-state index in [-0.39, 0.29) is 11.8 Å². The lowest BCUT2D eigenvalue weighted by atomic mass is 9.97. The fourth-order valence-corrected chi connectivity index (χ4v) is 4.21. The minimum Gasteiger partial charge on any atom is -0.494 e. The van der Waals surface area contributed by atoms with Gasteiger partial charge in [0.25, 0.3) is 5.91 Å². The normalized spacial score (nSPS) is 14.2. The molecule has 1 amide bonds. The largest absolute Gasteiger partial charge is 0.494 e. The van der Waals surface area contributed by atoms with E-state index in [4.69, 9.17) is 4.74 Å². The summed E-state index contributed by atoms with van der Waals surface area (Å²) in [6.07, 6.45) is 5.77. The van der Waals surface area contributed by atoms with Crippen LogP contribution in [0.1, 0.15) is 81.6 Å². The number of guanidine groups is 1. The van der Waals surface area contributed by atoms with Gasteiger partial charge in [0.1, 0.15) is 5.75 Å². The molecule has 0 radical (unpaired) electrons. The number of nitrogens with one attached hydrogen (secondary N) is 3. The molecule has 0 saturated carbocycles. The highest BCUT2D eigenvalue weighted by Gasteiger charge is 2.15. The summed E-state index contributed by atoms with van der Waals surface area (Å²) in [5, 5.41) is 9.54. The number of rotatable bonds is 11. The van der Waals surface area contributed by atoms with Crippen molar-refractivity contribution >= 4 is 23.2 Å². The minimum absolute atomic E-state index is 0.148. The highest BCUT2D eigenvalue weighted by atomic mass is 16.5. The smallest absolute Gasteiger partial charge is 0.257 e. The summed E-state index contributed by atoms with van der Waals surface area (Å²) in [5.41, 5.74) is 3.67. The van der Waals surface area contributed by atoms with Gasteiger partial charge >= 0.3 is 0 Å². The standard InChI is InChI=1S/C28H40N4O2/c1-5-9-21(6-2)14-17-34-24-11-7-10-23(19-24)31-26-13-12-22(18-25(26)20(3)4)27(33)32-28-29-15-8-16-30-28/h7,10-13,18-21,31H,5-6,8-9,14-17H2,1-4H3,(H2,29,30,32,33). The lowest BCUT2D eigenvalue weighted by Crippen LogP contribution is -2.43. The zero-order chi connectivity index (χ0) is 24.3. The van der Waals surface area contributed by atoms with Crippen molar-refractivity contribution in [3.8, 4) is 5.75 Å². The van der Waals surface area contributed by atoms with Crippen LogP contribution in [0.3, 0.4) is 0 Å². The minimum atomic E-state index is -0.148. The van der Waals surface area contributed by atoms with E-state index in [1.54, 1.807) is 0 Å². The van der Waals surface area contributed by atoms with Gasteiger partial charge in [-0.2, -0.15) is 0 Å². The zero-order valence-corrected chi connectivity index (χ0v) is 21.1. The predicted octanol–water partition coefficient (Wildman–Crippen LogP) is 6.23. The van der Waals surface area contributed by atoms with Crippen molar-refractivity contribution < 1.29 is 9.53 Å². The van der Waals surface area contributed by atoms with Crippen LogP contribution in [0, 0.1) is 5.92 Å². The van der Waals surface area contributed by atoms with E-state index < -0.39 is 0 Å². The molecule has 0 aliphatic carbocycles. The molecule has 184 valence electrons. The van der Waals surface area contributed by atoms with Crippen molar-refractivity contribution in [1.82, 2.24) is 10.6 Å². The molecule has 0 spiro atoms. The number of amides is 1. The average molecular weight is 465 g/mol. The molecule has 3 N–H and O–H groups in total. The molecule has 6 heteroatoms. The Bertz CT molecular complexity index is 971. The van der Waals surface area contributed by atoms with Crippen molar-refractivity contribution in [2.45, 2.75) is 65.7 Å². The summed E-state index contributed by atoms with van der Waals surface area (Å²) in [7, 11) is 0. The molecule has 0 bridgehead atoms. The molecule has 1 atom stereocenters. The Kier molecular flexibility index (Phi) is 9.80. The van der Waals surface area contributed by atoms with Crippen molar-refractivity contribution in [1.29, 1.82) is 0 Å². The van der Waals surface area contributed by atoms with E-state index in [1.165, 1.54) is 19.3 Å². The molecule has 1 unspecified atom stereocenters. The third-order valence-electron chi connectivity index (χ3n) is 6.25. The highest BCUT2D eigenvalue weighted by Crippen LogP contribution is 2.30. The van der Waals surface area contributed by atoms with E-state index in [2.05, 4.69) is 48.6 Å². The molecule has 0 fully saturated rings. The number of benzene rings is 2. The van der Waals surface area contributed by atoms with Crippen molar-refractivity contribution in [2.75, 3.05) is 25.0 Å². The van der Waals surface area contributed by atoms with Crippen LogP contribution in [0.4, 0.5) is 11.4 Å². The number of carbonyl (C=O) groups excluding carboxylic acids is 1. The number of carbonyl (C=O) groups is 1. The Balaban J connectivity index is 1.67. The fraction of sp³-hybridized carbons (Fsp3) is 0.500. The predicted molar refractivity (Wildman–Crippen MR) is 141 cm³/mol. The zero-order valence-electron chi connectivity index (χ0n) is 21.1. The number of aliphatic imine (C=N–C) groups is 1. The molecule has 1 heterocycles. The van der Waals surface area contributed by atoms with E-state index >= 15 is 0 Å². The molecule has 0 saturated heterocycles. The van der Waals surface area contributed by atoms with Crippen LogP contribution < -0.4 is 20.7 Å². The van der Waals surface area contributed by atoms with Crippen molar-refractivity contribution in [3.05, 3.63) is 53.6 Å². The first-order chi connectivity index (χ1) is 16.5. The Morgan fingerprint density at radius 1 is 1.15 bits per heavy atom. The quantitative estimate of drug-likeness (QED) is 0.369. The van der Waals surface area contributed by atoms with Gasteiger partial charge in [0.05, 0.1) is 6.61 Å². The SMILES string of the molecule is CCCC(CC)CCOc1cccc(Nc2ccc(C(=O)NC3=NCCCN3)cc2C(C)C)c1. The Hall–Kier alpha value is -3.02. The molecule has 34 heavy (non-hydrogen) atoms. The molecule has 2 aromatic rings. The third-order valence-corrected chi connectivity index (χ3v) is 6.25. The number of ether oxygens (including phenoxy) is 1. The number of anilines is 2. The van der Waals surface area contributed by atoms with Crippen LogP contribution in [-0.2, 0) is 0 Å². The first-order valence-corrected chi connectivity index (χ1v) is 12.7. The van der Waals surface area contributed by atoms with Crippen LogP contribution >= 0.6 is 0 Å². The topological polar surface area (TPSA) is 74.8 Å². The van der Waals surface area contributed by atoms with Crippen LogP contribution in [0.5, 0.6) is 5.75 Å². The van der Waals surface area contributed by atoms with Gasteiger partial charge in [-0.25, -0.2) is 0 Å². The van der Waals surface area contributed by atoms with Crippen LogP contribution in [0.15, 0.2) is 47.5 Å². The monoisotopic (exact) mass is 464 g/mol.